The summed E-state index contributed by atoms with van der Waals surface area (Å²) in [5, 5.41) is 8.26. The minimum Gasteiger partial charge on any atom is -0.309 e. The Morgan fingerprint density at radius 3 is 2.80 bits per heavy atom. The van der Waals surface area contributed by atoms with Crippen LogP contribution in [0.1, 0.15) is 31.5 Å². The van der Waals surface area contributed by atoms with Crippen molar-refractivity contribution >= 4 is 0 Å². The smallest absolute Gasteiger partial charge is 0.0794 e. The minimum atomic E-state index is 0.357. The van der Waals surface area contributed by atoms with Crippen molar-refractivity contribution in [2.45, 2.75) is 31.8 Å². The maximum atomic E-state index is 4.60. The van der Waals surface area contributed by atoms with E-state index >= 15 is 0 Å². The van der Waals surface area contributed by atoms with E-state index in [0.29, 0.717) is 12.1 Å². The highest BCUT2D eigenvalue weighted by Crippen LogP contribution is 2.21. The Kier molecular flexibility index (Phi) is 5.57. The zero-order valence-electron chi connectivity index (χ0n) is 13.3. The number of hydrogen-bond acceptors (Lipinski definition) is 4. The Morgan fingerprint density at radius 1 is 1.35 bits per heavy atom. The lowest BCUT2D eigenvalue weighted by molar-refractivity contribution is 0.100. The lowest BCUT2D eigenvalue weighted by Crippen LogP contribution is -2.51. The summed E-state index contributed by atoms with van der Waals surface area (Å²) >= 11 is 0. The summed E-state index contributed by atoms with van der Waals surface area (Å²) < 4.78 is 1.90. The van der Waals surface area contributed by atoms with Crippen molar-refractivity contribution in [3.8, 4) is 0 Å². The number of rotatable bonds is 6. The molecule has 0 aromatic carbocycles. The average molecular weight is 279 g/mol. The van der Waals surface area contributed by atoms with Crippen molar-refractivity contribution in [1.29, 1.82) is 0 Å². The molecule has 1 aliphatic heterocycles. The van der Waals surface area contributed by atoms with E-state index < -0.39 is 0 Å². The second-order valence-corrected chi connectivity index (χ2v) is 6.05. The zero-order valence-corrected chi connectivity index (χ0v) is 13.3. The highest BCUT2D eigenvalue weighted by molar-refractivity contribution is 5.06. The van der Waals surface area contributed by atoms with E-state index in [-0.39, 0.29) is 0 Å². The highest BCUT2D eigenvalue weighted by Gasteiger charge is 2.26. The van der Waals surface area contributed by atoms with Crippen LogP contribution < -0.4 is 5.32 Å². The largest absolute Gasteiger partial charge is 0.309 e. The van der Waals surface area contributed by atoms with Crippen molar-refractivity contribution in [2.75, 3.05) is 40.3 Å². The molecular weight excluding hydrogens is 250 g/mol. The predicted octanol–water partition coefficient (Wildman–Crippen LogP) is 1.10. The minimum absolute atomic E-state index is 0.357. The van der Waals surface area contributed by atoms with E-state index in [0.717, 1.165) is 32.5 Å². The van der Waals surface area contributed by atoms with Crippen LogP contribution in [-0.2, 0) is 7.05 Å². The summed E-state index contributed by atoms with van der Waals surface area (Å²) in [6, 6.07) is 3.10. The SMILES string of the molecule is CCCNC(CC1CN(C)CCN1C)c1ccn(C)n1. The Hall–Kier alpha value is -0.910. The van der Waals surface area contributed by atoms with E-state index in [4.69, 9.17) is 0 Å². The van der Waals surface area contributed by atoms with E-state index in [1.54, 1.807) is 0 Å². The van der Waals surface area contributed by atoms with Crippen LogP contribution in [0.2, 0.25) is 0 Å². The van der Waals surface area contributed by atoms with Crippen molar-refractivity contribution in [3.63, 3.8) is 0 Å². The number of aromatic nitrogens is 2. The average Bonchev–Trinajstić information content (AvgIpc) is 2.85. The van der Waals surface area contributed by atoms with Gasteiger partial charge in [-0.2, -0.15) is 5.10 Å². The summed E-state index contributed by atoms with van der Waals surface area (Å²) in [7, 11) is 6.45. The normalized spacial score (nSPS) is 23.1. The van der Waals surface area contributed by atoms with Crippen LogP contribution in [0, 0.1) is 0 Å². The summed E-state index contributed by atoms with van der Waals surface area (Å²) in [5.41, 5.74) is 1.17. The molecule has 1 aliphatic rings. The fraction of sp³-hybridized carbons (Fsp3) is 0.800. The molecule has 2 rings (SSSR count). The van der Waals surface area contributed by atoms with E-state index in [1.165, 1.54) is 12.2 Å². The summed E-state index contributed by atoms with van der Waals surface area (Å²) in [5.74, 6) is 0. The number of likely N-dealkylation sites (N-methyl/N-ethyl adjacent to an activating group) is 2. The monoisotopic (exact) mass is 279 g/mol. The third kappa shape index (κ3) is 4.04. The second-order valence-electron chi connectivity index (χ2n) is 6.05. The number of hydrogen-bond donors (Lipinski definition) is 1. The lowest BCUT2D eigenvalue weighted by Gasteiger charge is -2.39. The first-order valence-electron chi connectivity index (χ1n) is 7.72. The van der Waals surface area contributed by atoms with Crippen LogP contribution in [-0.4, -0.2) is 65.9 Å². The Balaban J connectivity index is 2.02. The van der Waals surface area contributed by atoms with Crippen molar-refractivity contribution in [3.05, 3.63) is 18.0 Å². The zero-order chi connectivity index (χ0) is 14.5. The van der Waals surface area contributed by atoms with Crippen LogP contribution in [0.3, 0.4) is 0 Å². The van der Waals surface area contributed by atoms with Gasteiger partial charge in [-0.05, 0) is 39.5 Å². The molecule has 0 amide bonds. The van der Waals surface area contributed by atoms with Gasteiger partial charge in [0.25, 0.3) is 0 Å². The first-order chi connectivity index (χ1) is 9.60. The molecule has 2 heterocycles. The number of nitrogens with zero attached hydrogens (tertiary/aromatic N) is 4. The van der Waals surface area contributed by atoms with Crippen LogP contribution in [0.5, 0.6) is 0 Å². The maximum absolute atomic E-state index is 4.60. The van der Waals surface area contributed by atoms with E-state index in [2.05, 4.69) is 47.3 Å². The topological polar surface area (TPSA) is 36.3 Å². The molecule has 0 radical (unpaired) electrons. The molecule has 0 saturated carbocycles. The van der Waals surface area contributed by atoms with Gasteiger partial charge in [-0.3, -0.25) is 4.68 Å². The van der Waals surface area contributed by atoms with Gasteiger partial charge in [-0.25, -0.2) is 0 Å². The first kappa shape index (κ1) is 15.5. The standard InChI is InChI=1S/C15H29N5/c1-5-7-16-15(14-6-8-20(4)17-14)11-13-12-18(2)9-10-19(13)3/h6,8,13,15-16H,5,7,9-12H2,1-4H3. The molecule has 1 saturated heterocycles. The van der Waals surface area contributed by atoms with Crippen LogP contribution >= 0.6 is 0 Å². The quantitative estimate of drug-likeness (QED) is 0.846. The number of nitrogens with one attached hydrogen (secondary N) is 1. The van der Waals surface area contributed by atoms with Gasteiger partial charge in [-0.15, -0.1) is 0 Å². The molecule has 0 bridgehead atoms. The molecule has 1 aromatic heterocycles. The van der Waals surface area contributed by atoms with Gasteiger partial charge in [0.05, 0.1) is 11.7 Å². The second kappa shape index (κ2) is 7.20. The Bertz CT molecular complexity index is 403. The fourth-order valence-corrected chi connectivity index (χ4v) is 2.87. The Labute approximate surface area is 122 Å². The van der Waals surface area contributed by atoms with Gasteiger partial charge in [0.1, 0.15) is 0 Å². The lowest BCUT2D eigenvalue weighted by atomic mass is 10.0. The molecular formula is C15H29N5. The van der Waals surface area contributed by atoms with E-state index in [9.17, 15) is 0 Å². The van der Waals surface area contributed by atoms with Crippen molar-refractivity contribution in [2.24, 2.45) is 7.05 Å². The van der Waals surface area contributed by atoms with Gasteiger partial charge in [-0.1, -0.05) is 6.92 Å². The van der Waals surface area contributed by atoms with Crippen molar-refractivity contribution in [1.82, 2.24) is 24.9 Å². The van der Waals surface area contributed by atoms with Gasteiger partial charge in [0, 0.05) is 38.9 Å². The molecule has 5 nitrogen and oxygen atoms in total. The van der Waals surface area contributed by atoms with Crippen LogP contribution in [0.15, 0.2) is 12.3 Å². The molecule has 1 fully saturated rings. The van der Waals surface area contributed by atoms with Gasteiger partial charge in [0.15, 0.2) is 0 Å². The summed E-state index contributed by atoms with van der Waals surface area (Å²) in [6.07, 6.45) is 4.31. The molecule has 2 atom stereocenters. The van der Waals surface area contributed by atoms with Crippen molar-refractivity contribution < 1.29 is 0 Å². The molecule has 114 valence electrons. The molecule has 0 aliphatic carbocycles. The third-order valence-corrected chi connectivity index (χ3v) is 4.22. The third-order valence-electron chi connectivity index (χ3n) is 4.22. The summed E-state index contributed by atoms with van der Waals surface area (Å²) in [6.45, 7) is 6.73. The Morgan fingerprint density at radius 2 is 2.15 bits per heavy atom. The molecule has 0 spiro atoms. The number of aryl methyl sites for hydroxylation is 1. The van der Waals surface area contributed by atoms with Gasteiger partial charge < -0.3 is 15.1 Å². The fourth-order valence-electron chi connectivity index (χ4n) is 2.87. The van der Waals surface area contributed by atoms with Crippen LogP contribution in [0.25, 0.3) is 0 Å². The van der Waals surface area contributed by atoms with Gasteiger partial charge in [0.2, 0.25) is 0 Å². The molecule has 1 aromatic rings. The maximum Gasteiger partial charge on any atom is 0.0794 e. The predicted molar refractivity (Wildman–Crippen MR) is 82.8 cm³/mol. The molecule has 20 heavy (non-hydrogen) atoms. The van der Waals surface area contributed by atoms with Gasteiger partial charge >= 0.3 is 0 Å². The molecule has 5 heteroatoms. The molecule has 2 unspecified atom stereocenters. The highest BCUT2D eigenvalue weighted by atomic mass is 15.3. The molecule has 1 N–H and O–H groups in total. The summed E-state index contributed by atoms with van der Waals surface area (Å²) in [4.78, 5) is 4.92. The first-order valence-corrected chi connectivity index (χ1v) is 7.72. The van der Waals surface area contributed by atoms with Crippen LogP contribution in [0.4, 0.5) is 0 Å². The van der Waals surface area contributed by atoms with E-state index in [1.807, 2.05) is 17.9 Å². The number of piperazine rings is 1.